The van der Waals surface area contributed by atoms with E-state index in [4.69, 9.17) is 4.42 Å². The van der Waals surface area contributed by atoms with Gasteiger partial charge in [0.15, 0.2) is 5.96 Å². The van der Waals surface area contributed by atoms with Crippen molar-refractivity contribution in [2.75, 3.05) is 6.54 Å². The first-order chi connectivity index (χ1) is 13.0. The van der Waals surface area contributed by atoms with Crippen molar-refractivity contribution in [3.63, 3.8) is 0 Å². The third-order valence-corrected chi connectivity index (χ3v) is 5.15. The Kier molecular flexibility index (Phi) is 6.24. The number of hydrogen-bond donors (Lipinski definition) is 2. The summed E-state index contributed by atoms with van der Waals surface area (Å²) in [7, 11) is 0. The lowest BCUT2D eigenvalue weighted by atomic mass is 10.1. The van der Waals surface area contributed by atoms with E-state index in [-0.39, 0.29) is 0 Å². The van der Waals surface area contributed by atoms with Gasteiger partial charge in [-0.05, 0) is 39.8 Å². The monoisotopic (exact) mass is 383 g/mol. The van der Waals surface area contributed by atoms with Gasteiger partial charge in [-0.3, -0.25) is 0 Å². The molecule has 0 spiro atoms. The molecule has 0 amide bonds. The lowest BCUT2D eigenvalue weighted by molar-refractivity contribution is 0.572. The van der Waals surface area contributed by atoms with Gasteiger partial charge in [-0.15, -0.1) is 11.3 Å². The van der Waals surface area contributed by atoms with Gasteiger partial charge in [0, 0.05) is 17.0 Å². The van der Waals surface area contributed by atoms with Crippen LogP contribution in [-0.4, -0.2) is 22.5 Å². The molecule has 0 aliphatic carbocycles. The van der Waals surface area contributed by atoms with E-state index in [0.717, 1.165) is 34.5 Å². The minimum Gasteiger partial charge on any atom is -0.444 e. The topological polar surface area (TPSA) is 75.3 Å². The van der Waals surface area contributed by atoms with E-state index in [1.807, 2.05) is 38.1 Å². The number of aliphatic imine (C=N–C) groups is 1. The molecule has 2 heterocycles. The summed E-state index contributed by atoms with van der Waals surface area (Å²) in [6.45, 7) is 10.1. The lowest BCUT2D eigenvalue weighted by Crippen LogP contribution is -2.36. The number of hydrogen-bond acceptors (Lipinski definition) is 5. The third kappa shape index (κ3) is 5.17. The van der Waals surface area contributed by atoms with Gasteiger partial charge in [0.1, 0.15) is 17.0 Å². The van der Waals surface area contributed by atoms with Gasteiger partial charge in [0.25, 0.3) is 0 Å². The zero-order chi connectivity index (χ0) is 19.2. The summed E-state index contributed by atoms with van der Waals surface area (Å²) in [6.07, 6.45) is 1.66. The van der Waals surface area contributed by atoms with Crippen molar-refractivity contribution in [3.8, 4) is 11.5 Å². The Morgan fingerprint density at radius 2 is 1.89 bits per heavy atom. The normalized spacial score (nSPS) is 11.6. The molecule has 3 rings (SSSR count). The molecule has 2 N–H and O–H groups in total. The van der Waals surface area contributed by atoms with Crippen LogP contribution in [0, 0.1) is 20.8 Å². The molecule has 0 saturated heterocycles. The fourth-order valence-corrected chi connectivity index (χ4v) is 3.36. The van der Waals surface area contributed by atoms with Crippen LogP contribution in [0.5, 0.6) is 0 Å². The van der Waals surface area contributed by atoms with Gasteiger partial charge in [-0.1, -0.05) is 17.7 Å². The Labute approximate surface area is 163 Å². The van der Waals surface area contributed by atoms with Crippen molar-refractivity contribution in [1.29, 1.82) is 0 Å². The number of aromatic nitrogens is 2. The number of rotatable bonds is 6. The second-order valence-electron chi connectivity index (χ2n) is 6.31. The summed E-state index contributed by atoms with van der Waals surface area (Å²) < 4.78 is 5.60. The molecule has 0 radical (unpaired) electrons. The maximum absolute atomic E-state index is 5.60. The fourth-order valence-electron chi connectivity index (χ4n) is 2.48. The highest BCUT2D eigenvalue weighted by Crippen LogP contribution is 2.19. The Hall–Kier alpha value is -2.67. The van der Waals surface area contributed by atoms with Crippen molar-refractivity contribution >= 4 is 17.3 Å². The van der Waals surface area contributed by atoms with Crippen molar-refractivity contribution in [3.05, 3.63) is 57.4 Å². The lowest BCUT2D eigenvalue weighted by Gasteiger charge is -2.09. The number of benzene rings is 1. The molecule has 3 aromatic rings. The van der Waals surface area contributed by atoms with Gasteiger partial charge in [0.05, 0.1) is 18.8 Å². The summed E-state index contributed by atoms with van der Waals surface area (Å²) >= 11 is 1.71. The van der Waals surface area contributed by atoms with Crippen molar-refractivity contribution in [1.82, 2.24) is 20.6 Å². The summed E-state index contributed by atoms with van der Waals surface area (Å²) in [5.41, 5.74) is 4.06. The summed E-state index contributed by atoms with van der Waals surface area (Å²) in [5, 5.41) is 7.62. The molecule has 7 heteroatoms. The number of thiazole rings is 1. The second kappa shape index (κ2) is 8.81. The molecular formula is C20H25N5OS. The van der Waals surface area contributed by atoms with Crippen LogP contribution in [0.3, 0.4) is 0 Å². The Morgan fingerprint density at radius 3 is 2.56 bits per heavy atom. The molecule has 27 heavy (non-hydrogen) atoms. The van der Waals surface area contributed by atoms with Crippen molar-refractivity contribution < 1.29 is 4.42 Å². The average Bonchev–Trinajstić information content (AvgIpc) is 3.25. The van der Waals surface area contributed by atoms with Crippen LogP contribution in [0.15, 0.2) is 39.9 Å². The van der Waals surface area contributed by atoms with Gasteiger partial charge >= 0.3 is 0 Å². The standard InChI is InChI=1S/C20H25N5OS/c1-5-21-20(23-11-18-24-14(3)15(4)27-18)22-10-17-12-26-19(25-17)16-8-6-13(2)7-9-16/h6-9,12H,5,10-11H2,1-4H3,(H2,21,22,23). The maximum Gasteiger partial charge on any atom is 0.226 e. The molecule has 1 aromatic carbocycles. The predicted molar refractivity (Wildman–Crippen MR) is 110 cm³/mol. The molecule has 6 nitrogen and oxygen atoms in total. The van der Waals surface area contributed by atoms with Gasteiger partial charge < -0.3 is 15.1 Å². The average molecular weight is 384 g/mol. The molecule has 2 aromatic heterocycles. The summed E-state index contributed by atoms with van der Waals surface area (Å²) in [5.74, 6) is 1.36. The minimum atomic E-state index is 0.445. The van der Waals surface area contributed by atoms with Crippen LogP contribution in [0.2, 0.25) is 0 Å². The molecule has 0 aliphatic heterocycles. The number of oxazole rings is 1. The number of aryl methyl sites for hydroxylation is 3. The van der Waals surface area contributed by atoms with E-state index in [2.05, 4.69) is 39.4 Å². The maximum atomic E-state index is 5.60. The Morgan fingerprint density at radius 1 is 1.11 bits per heavy atom. The Balaban J connectivity index is 1.63. The molecule has 0 atom stereocenters. The quantitative estimate of drug-likeness (QED) is 0.497. The number of guanidine groups is 1. The smallest absolute Gasteiger partial charge is 0.226 e. The zero-order valence-electron chi connectivity index (χ0n) is 16.2. The number of nitrogens with one attached hydrogen (secondary N) is 2. The first kappa shape index (κ1) is 19.1. The molecule has 0 bridgehead atoms. The molecule has 0 saturated carbocycles. The molecule has 0 unspecified atom stereocenters. The highest BCUT2D eigenvalue weighted by atomic mass is 32.1. The third-order valence-electron chi connectivity index (χ3n) is 4.07. The van der Waals surface area contributed by atoms with E-state index in [9.17, 15) is 0 Å². The molecular weight excluding hydrogens is 358 g/mol. The molecule has 142 valence electrons. The van der Waals surface area contributed by atoms with Crippen LogP contribution < -0.4 is 10.6 Å². The largest absolute Gasteiger partial charge is 0.444 e. The van der Waals surface area contributed by atoms with Gasteiger partial charge in [-0.25, -0.2) is 15.0 Å². The van der Waals surface area contributed by atoms with E-state index in [0.29, 0.717) is 19.0 Å². The highest BCUT2D eigenvalue weighted by molar-refractivity contribution is 7.11. The van der Waals surface area contributed by atoms with Crippen LogP contribution >= 0.6 is 11.3 Å². The van der Waals surface area contributed by atoms with Crippen molar-refractivity contribution in [2.24, 2.45) is 4.99 Å². The predicted octanol–water partition coefficient (Wildman–Crippen LogP) is 3.98. The van der Waals surface area contributed by atoms with Crippen LogP contribution in [0.25, 0.3) is 11.5 Å². The van der Waals surface area contributed by atoms with Crippen LogP contribution in [-0.2, 0) is 13.1 Å². The first-order valence-electron chi connectivity index (χ1n) is 9.01. The van der Waals surface area contributed by atoms with Crippen LogP contribution in [0.1, 0.15) is 33.8 Å². The van der Waals surface area contributed by atoms with Crippen LogP contribution in [0.4, 0.5) is 0 Å². The summed E-state index contributed by atoms with van der Waals surface area (Å²) in [4.78, 5) is 14.9. The van der Waals surface area contributed by atoms with E-state index in [1.165, 1.54) is 10.4 Å². The Bertz CT molecular complexity index is 891. The molecule has 0 aliphatic rings. The second-order valence-corrected chi connectivity index (χ2v) is 7.60. The van der Waals surface area contributed by atoms with E-state index in [1.54, 1.807) is 17.6 Å². The van der Waals surface area contributed by atoms with Gasteiger partial charge in [-0.2, -0.15) is 0 Å². The summed E-state index contributed by atoms with van der Waals surface area (Å²) in [6, 6.07) is 8.12. The fraction of sp³-hybridized carbons (Fsp3) is 0.350. The zero-order valence-corrected chi connectivity index (χ0v) is 17.0. The minimum absolute atomic E-state index is 0.445. The van der Waals surface area contributed by atoms with Gasteiger partial charge in [0.2, 0.25) is 5.89 Å². The number of nitrogens with zero attached hydrogens (tertiary/aromatic N) is 3. The highest BCUT2D eigenvalue weighted by Gasteiger charge is 2.08. The van der Waals surface area contributed by atoms with E-state index < -0.39 is 0 Å². The molecule has 0 fully saturated rings. The van der Waals surface area contributed by atoms with Crippen molar-refractivity contribution in [2.45, 2.75) is 40.8 Å². The van der Waals surface area contributed by atoms with E-state index >= 15 is 0 Å². The first-order valence-corrected chi connectivity index (χ1v) is 9.83. The SMILES string of the molecule is CCNC(=NCc1coc(-c2ccc(C)cc2)n1)NCc1nc(C)c(C)s1.